The second-order valence-corrected chi connectivity index (χ2v) is 7.69. The monoisotopic (exact) mass is 391 g/mol. The van der Waals surface area contributed by atoms with Crippen molar-refractivity contribution in [3.63, 3.8) is 0 Å². The second-order valence-electron chi connectivity index (χ2n) is 5.78. The lowest BCUT2D eigenvalue weighted by Gasteiger charge is -2.27. The summed E-state index contributed by atoms with van der Waals surface area (Å²) in [6.07, 6.45) is 1.52. The molecular formula is C18H21N3O5S. The number of benzene rings is 1. The van der Waals surface area contributed by atoms with Gasteiger partial charge in [0, 0.05) is 25.0 Å². The fraction of sp³-hybridized carbons (Fsp3) is 0.333. The van der Waals surface area contributed by atoms with Crippen molar-refractivity contribution in [2.24, 2.45) is 0 Å². The Hall–Kier alpha value is -2.49. The SMILES string of the molecule is CCOc1ccc(NC(=O)c2ccccn2)cc1S(=O)(=O)N1CCOCC1. The van der Waals surface area contributed by atoms with Crippen LogP contribution in [0.5, 0.6) is 5.75 Å². The molecule has 9 heteroatoms. The first kappa shape index (κ1) is 19.3. The normalized spacial score (nSPS) is 15.3. The third-order valence-electron chi connectivity index (χ3n) is 3.99. The van der Waals surface area contributed by atoms with Gasteiger partial charge in [-0.2, -0.15) is 4.31 Å². The number of morpholine rings is 1. The van der Waals surface area contributed by atoms with Crippen molar-refractivity contribution in [1.29, 1.82) is 0 Å². The molecule has 0 radical (unpaired) electrons. The quantitative estimate of drug-likeness (QED) is 0.806. The highest BCUT2D eigenvalue weighted by Crippen LogP contribution is 2.30. The number of carbonyl (C=O) groups is 1. The van der Waals surface area contributed by atoms with E-state index in [2.05, 4.69) is 10.3 Å². The Balaban J connectivity index is 1.92. The van der Waals surface area contributed by atoms with Gasteiger partial charge in [0.05, 0.1) is 19.8 Å². The van der Waals surface area contributed by atoms with Crippen LogP contribution in [0.1, 0.15) is 17.4 Å². The van der Waals surface area contributed by atoms with Crippen molar-refractivity contribution in [2.45, 2.75) is 11.8 Å². The zero-order chi connectivity index (χ0) is 19.3. The Morgan fingerprint density at radius 1 is 1.26 bits per heavy atom. The molecule has 1 amide bonds. The van der Waals surface area contributed by atoms with Crippen LogP contribution in [0.15, 0.2) is 47.5 Å². The predicted octanol–water partition coefficient (Wildman–Crippen LogP) is 1.75. The number of pyridine rings is 1. The molecule has 1 N–H and O–H groups in total. The first-order valence-electron chi connectivity index (χ1n) is 8.59. The van der Waals surface area contributed by atoms with E-state index >= 15 is 0 Å². The zero-order valence-electron chi connectivity index (χ0n) is 14.9. The van der Waals surface area contributed by atoms with Gasteiger partial charge in [0.25, 0.3) is 5.91 Å². The van der Waals surface area contributed by atoms with Crippen LogP contribution in [0.2, 0.25) is 0 Å². The molecular weight excluding hydrogens is 370 g/mol. The highest BCUT2D eigenvalue weighted by Gasteiger charge is 2.29. The highest BCUT2D eigenvalue weighted by atomic mass is 32.2. The molecule has 0 bridgehead atoms. The molecule has 1 aromatic carbocycles. The van der Waals surface area contributed by atoms with Crippen molar-refractivity contribution in [3.05, 3.63) is 48.3 Å². The Morgan fingerprint density at radius 2 is 2.04 bits per heavy atom. The third kappa shape index (κ3) is 4.44. The van der Waals surface area contributed by atoms with E-state index in [4.69, 9.17) is 9.47 Å². The number of sulfonamides is 1. The fourth-order valence-corrected chi connectivity index (χ4v) is 4.25. The van der Waals surface area contributed by atoms with Gasteiger partial charge in [-0.3, -0.25) is 9.78 Å². The first-order chi connectivity index (χ1) is 13.0. The number of hydrogen-bond donors (Lipinski definition) is 1. The number of nitrogens with zero attached hydrogens (tertiary/aromatic N) is 2. The Bertz CT molecular complexity index is 896. The molecule has 0 atom stereocenters. The largest absolute Gasteiger partial charge is 0.492 e. The van der Waals surface area contributed by atoms with E-state index in [9.17, 15) is 13.2 Å². The second kappa shape index (κ2) is 8.47. The maximum Gasteiger partial charge on any atom is 0.274 e. The van der Waals surface area contributed by atoms with Gasteiger partial charge in [-0.15, -0.1) is 0 Å². The average Bonchev–Trinajstić information content (AvgIpc) is 2.70. The van der Waals surface area contributed by atoms with Crippen molar-refractivity contribution < 1.29 is 22.7 Å². The summed E-state index contributed by atoms with van der Waals surface area (Å²) >= 11 is 0. The average molecular weight is 391 g/mol. The number of aromatic nitrogens is 1. The standard InChI is InChI=1S/C18H21N3O5S/c1-2-26-16-7-6-14(20-18(22)15-5-3-4-8-19-15)13-17(16)27(23,24)21-9-11-25-12-10-21/h3-8,13H,2,9-12H2,1H3,(H,20,22). The van der Waals surface area contributed by atoms with Gasteiger partial charge in [0.15, 0.2) is 0 Å². The summed E-state index contributed by atoms with van der Waals surface area (Å²) in [5, 5.41) is 2.68. The molecule has 1 saturated heterocycles. The third-order valence-corrected chi connectivity index (χ3v) is 5.91. The van der Waals surface area contributed by atoms with Crippen LogP contribution in [-0.2, 0) is 14.8 Å². The van der Waals surface area contributed by atoms with Crippen LogP contribution in [0.25, 0.3) is 0 Å². The van der Waals surface area contributed by atoms with E-state index in [0.29, 0.717) is 25.5 Å². The van der Waals surface area contributed by atoms with E-state index in [1.54, 1.807) is 37.3 Å². The molecule has 2 heterocycles. The number of carbonyl (C=O) groups excluding carboxylic acids is 1. The van der Waals surface area contributed by atoms with Crippen molar-refractivity contribution in [3.8, 4) is 5.75 Å². The summed E-state index contributed by atoms with van der Waals surface area (Å²) in [5.41, 5.74) is 0.588. The van der Waals surface area contributed by atoms with Crippen LogP contribution in [0.3, 0.4) is 0 Å². The van der Waals surface area contributed by atoms with E-state index in [1.807, 2.05) is 0 Å². The Morgan fingerprint density at radius 3 is 2.70 bits per heavy atom. The smallest absolute Gasteiger partial charge is 0.274 e. The summed E-state index contributed by atoms with van der Waals surface area (Å²) < 4.78 is 38.2. The van der Waals surface area contributed by atoms with E-state index in [0.717, 1.165) is 0 Å². The van der Waals surface area contributed by atoms with Gasteiger partial charge in [-0.1, -0.05) is 6.07 Å². The molecule has 144 valence electrons. The predicted molar refractivity (Wildman–Crippen MR) is 99.4 cm³/mol. The number of hydrogen-bond acceptors (Lipinski definition) is 6. The van der Waals surface area contributed by atoms with Gasteiger partial charge in [0.2, 0.25) is 10.0 Å². The summed E-state index contributed by atoms with van der Waals surface area (Å²) in [5.74, 6) is -0.172. The molecule has 1 aliphatic heterocycles. The van der Waals surface area contributed by atoms with Gasteiger partial charge in [-0.25, -0.2) is 8.42 Å². The summed E-state index contributed by atoms with van der Waals surface area (Å²) in [6.45, 7) is 3.35. The van der Waals surface area contributed by atoms with Gasteiger partial charge >= 0.3 is 0 Å². The van der Waals surface area contributed by atoms with Crippen molar-refractivity contribution in [2.75, 3.05) is 38.2 Å². The molecule has 0 aliphatic carbocycles. The number of ether oxygens (including phenoxy) is 2. The summed E-state index contributed by atoms with van der Waals surface area (Å²) in [4.78, 5) is 16.3. The minimum atomic E-state index is -3.78. The maximum absolute atomic E-state index is 13.1. The molecule has 1 aliphatic rings. The highest BCUT2D eigenvalue weighted by molar-refractivity contribution is 7.89. The van der Waals surface area contributed by atoms with Crippen LogP contribution < -0.4 is 10.1 Å². The van der Waals surface area contributed by atoms with E-state index in [-0.39, 0.29) is 29.4 Å². The molecule has 1 aromatic heterocycles. The molecule has 3 rings (SSSR count). The van der Waals surface area contributed by atoms with E-state index < -0.39 is 15.9 Å². The van der Waals surface area contributed by atoms with Gasteiger partial charge < -0.3 is 14.8 Å². The van der Waals surface area contributed by atoms with Gasteiger partial charge in [-0.05, 0) is 37.3 Å². The number of anilines is 1. The maximum atomic E-state index is 13.1. The Kier molecular flexibility index (Phi) is 6.04. The molecule has 0 spiro atoms. The minimum Gasteiger partial charge on any atom is -0.492 e. The number of amides is 1. The van der Waals surface area contributed by atoms with Crippen LogP contribution in [0, 0.1) is 0 Å². The van der Waals surface area contributed by atoms with Crippen molar-refractivity contribution in [1.82, 2.24) is 9.29 Å². The van der Waals surface area contributed by atoms with Gasteiger partial charge in [0.1, 0.15) is 16.3 Å². The fourth-order valence-electron chi connectivity index (χ4n) is 2.68. The molecule has 0 saturated carbocycles. The van der Waals surface area contributed by atoms with Crippen LogP contribution >= 0.6 is 0 Å². The number of rotatable bonds is 6. The molecule has 2 aromatic rings. The molecule has 0 unspecified atom stereocenters. The molecule has 8 nitrogen and oxygen atoms in total. The zero-order valence-corrected chi connectivity index (χ0v) is 15.7. The summed E-state index contributed by atoms with van der Waals surface area (Å²) in [6, 6.07) is 9.55. The van der Waals surface area contributed by atoms with Crippen molar-refractivity contribution >= 4 is 21.6 Å². The molecule has 1 fully saturated rings. The molecule has 27 heavy (non-hydrogen) atoms. The van der Waals surface area contributed by atoms with E-state index in [1.165, 1.54) is 16.6 Å². The van der Waals surface area contributed by atoms with Crippen LogP contribution in [0.4, 0.5) is 5.69 Å². The minimum absolute atomic E-state index is 0.0186. The Labute approximate surface area is 158 Å². The summed E-state index contributed by atoms with van der Waals surface area (Å²) in [7, 11) is -3.78. The number of nitrogens with one attached hydrogen (secondary N) is 1. The lowest BCUT2D eigenvalue weighted by molar-refractivity contribution is 0.0729. The first-order valence-corrected chi connectivity index (χ1v) is 10.0. The lowest BCUT2D eigenvalue weighted by atomic mass is 10.2. The van der Waals surface area contributed by atoms with Crippen LogP contribution in [-0.4, -0.2) is 56.5 Å². The lowest BCUT2D eigenvalue weighted by Crippen LogP contribution is -2.40. The topological polar surface area (TPSA) is 97.8 Å².